The van der Waals surface area contributed by atoms with E-state index in [-0.39, 0.29) is 33.6 Å². The van der Waals surface area contributed by atoms with Crippen LogP contribution in [0.25, 0.3) is 0 Å². The summed E-state index contributed by atoms with van der Waals surface area (Å²) in [5.41, 5.74) is -0.122. The Bertz CT molecular complexity index is 724. The summed E-state index contributed by atoms with van der Waals surface area (Å²) < 4.78 is 4.96. The summed E-state index contributed by atoms with van der Waals surface area (Å²) in [6.45, 7) is 0. The number of aromatic nitrogens is 3. The molecule has 3 atom stereocenters. The maximum Gasteiger partial charge on any atom is 0.347 e. The molecule has 2 spiro atoms. The Labute approximate surface area is 133 Å². The summed E-state index contributed by atoms with van der Waals surface area (Å²) in [5, 5.41) is 0. The zero-order valence-corrected chi connectivity index (χ0v) is 13.6. The minimum atomic E-state index is -0.149. The van der Waals surface area contributed by atoms with Crippen LogP contribution in [0.4, 0.5) is 0 Å². The van der Waals surface area contributed by atoms with E-state index >= 15 is 0 Å². The molecule has 118 valence electrons. The lowest BCUT2D eigenvalue weighted by atomic mass is 9.59. The molecule has 3 aliphatic heterocycles. The maximum absolute atomic E-state index is 12.6. The molecule has 5 aliphatic rings. The predicted molar refractivity (Wildman–Crippen MR) is 86.5 cm³/mol. The molecular weight excluding hydrogens is 298 g/mol. The average molecular weight is 319 g/mol. The topological polar surface area (TPSA) is 48.9 Å². The first-order valence-corrected chi connectivity index (χ1v) is 9.33. The highest BCUT2D eigenvalue weighted by Gasteiger charge is 2.67. The minimum Gasteiger partial charge on any atom is -0.246 e. The smallest absolute Gasteiger partial charge is 0.246 e. The van der Waals surface area contributed by atoms with E-state index < -0.39 is 0 Å². The van der Waals surface area contributed by atoms with Crippen LogP contribution in [-0.4, -0.2) is 24.4 Å². The van der Waals surface area contributed by atoms with E-state index in [1.807, 2.05) is 0 Å². The van der Waals surface area contributed by atoms with Gasteiger partial charge in [0, 0.05) is 12.5 Å². The van der Waals surface area contributed by atoms with E-state index in [1.54, 1.807) is 16.4 Å². The van der Waals surface area contributed by atoms with Crippen LogP contribution in [0, 0.1) is 5.41 Å². The molecule has 0 radical (unpaired) electrons. The van der Waals surface area contributed by atoms with Crippen molar-refractivity contribution >= 4 is 11.8 Å². The molecule has 3 unspecified atom stereocenters. The second kappa shape index (κ2) is 4.02. The van der Waals surface area contributed by atoms with Gasteiger partial charge in [-0.25, -0.2) is 23.5 Å². The third-order valence-electron chi connectivity index (χ3n) is 6.64. The largest absolute Gasteiger partial charge is 0.347 e. The van der Waals surface area contributed by atoms with Gasteiger partial charge in [0.2, 0.25) is 0 Å². The third kappa shape index (κ3) is 1.19. The maximum atomic E-state index is 12.6. The summed E-state index contributed by atoms with van der Waals surface area (Å²) in [6, 6.07) is 0.108. The van der Waals surface area contributed by atoms with Crippen LogP contribution in [0.2, 0.25) is 0 Å². The van der Waals surface area contributed by atoms with Gasteiger partial charge in [-0.05, 0) is 31.4 Å². The van der Waals surface area contributed by atoms with Gasteiger partial charge >= 0.3 is 11.4 Å². The van der Waals surface area contributed by atoms with E-state index in [4.69, 9.17) is 0 Å². The van der Waals surface area contributed by atoms with Gasteiger partial charge < -0.3 is 0 Å². The van der Waals surface area contributed by atoms with Crippen molar-refractivity contribution in [2.24, 2.45) is 12.5 Å². The van der Waals surface area contributed by atoms with Crippen LogP contribution in [0.15, 0.2) is 21.7 Å². The van der Waals surface area contributed by atoms with E-state index in [9.17, 15) is 9.59 Å². The molecule has 6 heteroatoms. The van der Waals surface area contributed by atoms with Gasteiger partial charge in [-0.2, -0.15) is 11.8 Å². The lowest BCUT2D eigenvalue weighted by Gasteiger charge is -2.59. The lowest BCUT2D eigenvalue weighted by Crippen LogP contribution is -2.62. The molecule has 1 aromatic heterocycles. The summed E-state index contributed by atoms with van der Waals surface area (Å²) in [4.78, 5) is 25.3. The van der Waals surface area contributed by atoms with Crippen molar-refractivity contribution in [1.29, 1.82) is 0 Å². The van der Waals surface area contributed by atoms with Crippen molar-refractivity contribution in [2.45, 2.75) is 55.4 Å². The Morgan fingerprint density at radius 3 is 2.27 bits per heavy atom. The molecular formula is C16H21N3O2S. The molecule has 6 rings (SSSR count). The number of hydrogen-bond acceptors (Lipinski definition) is 3. The van der Waals surface area contributed by atoms with Crippen molar-refractivity contribution in [3.8, 4) is 0 Å². The van der Waals surface area contributed by atoms with Gasteiger partial charge in [0.05, 0.1) is 16.8 Å². The number of thioether (sulfide) groups is 1. The molecule has 0 aromatic carbocycles. The van der Waals surface area contributed by atoms with E-state index in [1.165, 1.54) is 48.8 Å². The molecule has 1 saturated carbocycles. The fourth-order valence-corrected chi connectivity index (χ4v) is 7.68. The average Bonchev–Trinajstić information content (AvgIpc) is 3.23. The van der Waals surface area contributed by atoms with Gasteiger partial charge in [-0.15, -0.1) is 0 Å². The summed E-state index contributed by atoms with van der Waals surface area (Å²) in [7, 11) is 1.61. The highest BCUT2D eigenvalue weighted by Crippen LogP contribution is 2.70. The predicted octanol–water partition coefficient (Wildman–Crippen LogP) is 1.84. The summed E-state index contributed by atoms with van der Waals surface area (Å²) >= 11 is 2.08. The summed E-state index contributed by atoms with van der Waals surface area (Å²) in [6.07, 6.45) is 11.8. The zero-order chi connectivity index (χ0) is 15.1. The highest BCUT2D eigenvalue weighted by atomic mass is 32.2. The van der Waals surface area contributed by atoms with Crippen LogP contribution in [0.5, 0.6) is 0 Å². The highest BCUT2D eigenvalue weighted by molar-refractivity contribution is 8.01. The molecule has 1 aromatic rings. The first-order chi connectivity index (χ1) is 10.6. The Hall–Kier alpha value is -1.17. The molecule has 2 aliphatic carbocycles. The Balaban J connectivity index is 1.87. The van der Waals surface area contributed by atoms with Crippen LogP contribution < -0.4 is 11.4 Å². The van der Waals surface area contributed by atoms with Crippen molar-refractivity contribution in [3.05, 3.63) is 33.1 Å². The van der Waals surface area contributed by atoms with Crippen molar-refractivity contribution in [3.63, 3.8) is 0 Å². The van der Waals surface area contributed by atoms with Gasteiger partial charge in [-0.1, -0.05) is 25.0 Å². The SMILES string of the molecule is Cn1c(=O)n2n(c1=O)C1C=CC2C2(CCCC2)C12CCCS2. The quantitative estimate of drug-likeness (QED) is 0.686. The molecule has 0 amide bonds. The first-order valence-electron chi connectivity index (χ1n) is 8.35. The van der Waals surface area contributed by atoms with Gasteiger partial charge in [0.25, 0.3) is 0 Å². The molecule has 5 nitrogen and oxygen atoms in total. The monoisotopic (exact) mass is 319 g/mol. The van der Waals surface area contributed by atoms with E-state index in [0.717, 1.165) is 0 Å². The third-order valence-corrected chi connectivity index (χ3v) is 8.50. The Morgan fingerprint density at radius 1 is 1.00 bits per heavy atom. The first kappa shape index (κ1) is 13.3. The number of nitrogens with zero attached hydrogens (tertiary/aromatic N) is 3. The van der Waals surface area contributed by atoms with Crippen LogP contribution in [-0.2, 0) is 7.05 Å². The van der Waals surface area contributed by atoms with Crippen molar-refractivity contribution in [1.82, 2.24) is 13.9 Å². The number of hydrogen-bond donors (Lipinski definition) is 0. The molecule has 22 heavy (non-hydrogen) atoms. The molecule has 1 saturated heterocycles. The van der Waals surface area contributed by atoms with Gasteiger partial charge in [0.15, 0.2) is 0 Å². The Kier molecular flexibility index (Phi) is 2.43. The van der Waals surface area contributed by atoms with Gasteiger partial charge in [0.1, 0.15) is 0 Å². The van der Waals surface area contributed by atoms with E-state index in [0.29, 0.717) is 0 Å². The second-order valence-electron chi connectivity index (χ2n) is 7.29. The van der Waals surface area contributed by atoms with Crippen LogP contribution in [0.1, 0.15) is 50.6 Å². The Morgan fingerprint density at radius 2 is 1.64 bits per heavy atom. The fraction of sp³-hybridized carbons (Fsp3) is 0.750. The standard InChI is InChI=1S/C16H21N3O2S/c1-17-13(20)18-11-5-6-12(19(18)14(17)21)16(9-4-10-22-16)15(11)7-2-3-8-15/h5-6,11-12H,2-4,7-10H2,1H3. The summed E-state index contributed by atoms with van der Waals surface area (Å²) in [5.74, 6) is 1.19. The fourth-order valence-electron chi connectivity index (χ4n) is 5.78. The van der Waals surface area contributed by atoms with Gasteiger partial charge in [-0.3, -0.25) is 0 Å². The van der Waals surface area contributed by atoms with Crippen molar-refractivity contribution < 1.29 is 0 Å². The van der Waals surface area contributed by atoms with Crippen LogP contribution in [0.3, 0.4) is 0 Å². The van der Waals surface area contributed by atoms with Crippen LogP contribution >= 0.6 is 11.8 Å². The molecule has 0 N–H and O–H groups in total. The second-order valence-corrected chi connectivity index (χ2v) is 8.72. The van der Waals surface area contributed by atoms with Crippen molar-refractivity contribution in [2.75, 3.05) is 5.75 Å². The minimum absolute atomic E-state index is 0.0458. The molecule has 4 heterocycles. The van der Waals surface area contributed by atoms with E-state index in [2.05, 4.69) is 23.9 Å². The lowest BCUT2D eigenvalue weighted by molar-refractivity contribution is 0.0241. The molecule has 2 bridgehead atoms. The molecule has 2 fully saturated rings. The zero-order valence-electron chi connectivity index (χ0n) is 12.8. The normalized spacial score (nSPS) is 37.5. The number of allylic oxidation sites excluding steroid dienone is 2. The number of rotatable bonds is 0.